The second-order valence-corrected chi connectivity index (χ2v) is 4.56. The van der Waals surface area contributed by atoms with Crippen LogP contribution in [0.3, 0.4) is 0 Å². The highest BCUT2D eigenvalue weighted by atomic mass is 127. The molecular weight excluding hydrogens is 383 g/mol. The average molecular weight is 404 g/mol. The van der Waals surface area contributed by atoms with Crippen molar-refractivity contribution in [3.8, 4) is 0 Å². The van der Waals surface area contributed by atoms with Gasteiger partial charge in [0.15, 0.2) is 5.96 Å². The molecular formula is C14H21IN4O2. The third kappa shape index (κ3) is 7.64. The van der Waals surface area contributed by atoms with Crippen LogP contribution in [0.4, 0.5) is 5.69 Å². The van der Waals surface area contributed by atoms with Gasteiger partial charge in [0.05, 0.1) is 11.5 Å². The van der Waals surface area contributed by atoms with Gasteiger partial charge in [-0.2, -0.15) is 0 Å². The zero-order valence-corrected chi connectivity index (χ0v) is 14.5. The number of hydrogen-bond donors (Lipinski definition) is 2. The lowest BCUT2D eigenvalue weighted by molar-refractivity contribution is -0.384. The second kappa shape index (κ2) is 10.1. The van der Waals surface area contributed by atoms with Gasteiger partial charge in [0.1, 0.15) is 0 Å². The molecule has 0 fully saturated rings. The third-order valence-corrected chi connectivity index (χ3v) is 2.41. The predicted octanol–water partition coefficient (Wildman–Crippen LogP) is 2.84. The number of rotatable bonds is 6. The fourth-order valence-corrected chi connectivity index (χ4v) is 1.49. The number of nitro benzene ring substituents is 1. The van der Waals surface area contributed by atoms with Crippen molar-refractivity contribution >= 4 is 35.6 Å². The summed E-state index contributed by atoms with van der Waals surface area (Å²) in [6.45, 7) is 8.78. The first-order valence-corrected chi connectivity index (χ1v) is 6.42. The van der Waals surface area contributed by atoms with Crippen LogP contribution in [0.1, 0.15) is 19.4 Å². The van der Waals surface area contributed by atoms with E-state index in [4.69, 9.17) is 0 Å². The summed E-state index contributed by atoms with van der Waals surface area (Å²) in [7, 11) is 0. The smallest absolute Gasteiger partial charge is 0.269 e. The first-order chi connectivity index (χ1) is 9.52. The molecule has 0 aliphatic rings. The Morgan fingerprint density at radius 2 is 2.05 bits per heavy atom. The van der Waals surface area contributed by atoms with Gasteiger partial charge in [-0.3, -0.25) is 10.1 Å². The van der Waals surface area contributed by atoms with Gasteiger partial charge in [0, 0.05) is 24.7 Å². The third-order valence-electron chi connectivity index (χ3n) is 2.41. The van der Waals surface area contributed by atoms with E-state index in [1.807, 2.05) is 13.8 Å². The number of halogens is 1. The minimum atomic E-state index is -0.412. The van der Waals surface area contributed by atoms with Gasteiger partial charge in [-0.25, -0.2) is 4.99 Å². The van der Waals surface area contributed by atoms with Gasteiger partial charge < -0.3 is 10.6 Å². The Bertz CT molecular complexity index is 486. The van der Waals surface area contributed by atoms with Crippen molar-refractivity contribution in [2.45, 2.75) is 26.4 Å². The molecule has 1 rings (SSSR count). The zero-order valence-electron chi connectivity index (χ0n) is 12.2. The van der Waals surface area contributed by atoms with Gasteiger partial charge in [-0.1, -0.05) is 18.2 Å². The van der Waals surface area contributed by atoms with Crippen LogP contribution in [0, 0.1) is 10.1 Å². The van der Waals surface area contributed by atoms with Crippen molar-refractivity contribution in [1.82, 2.24) is 10.6 Å². The van der Waals surface area contributed by atoms with Crippen molar-refractivity contribution in [3.63, 3.8) is 0 Å². The molecule has 21 heavy (non-hydrogen) atoms. The maximum Gasteiger partial charge on any atom is 0.269 e. The maximum atomic E-state index is 10.6. The number of nitrogens with zero attached hydrogens (tertiary/aromatic N) is 2. The van der Waals surface area contributed by atoms with Crippen LogP contribution < -0.4 is 10.6 Å². The molecule has 0 aromatic heterocycles. The molecule has 0 aliphatic carbocycles. The molecule has 0 atom stereocenters. The van der Waals surface area contributed by atoms with Gasteiger partial charge in [0.2, 0.25) is 0 Å². The minimum absolute atomic E-state index is 0. The zero-order chi connectivity index (χ0) is 15.0. The number of nitrogens with one attached hydrogen (secondary N) is 2. The van der Waals surface area contributed by atoms with Gasteiger partial charge in [-0.15, -0.1) is 30.6 Å². The molecule has 0 saturated carbocycles. The lowest BCUT2D eigenvalue weighted by atomic mass is 10.2. The Morgan fingerprint density at radius 1 is 1.43 bits per heavy atom. The number of guanidine groups is 1. The van der Waals surface area contributed by atoms with Crippen molar-refractivity contribution in [1.29, 1.82) is 0 Å². The quantitative estimate of drug-likeness (QED) is 0.191. The van der Waals surface area contributed by atoms with Crippen LogP contribution in [0.15, 0.2) is 41.9 Å². The molecule has 7 heteroatoms. The topological polar surface area (TPSA) is 79.6 Å². The summed E-state index contributed by atoms with van der Waals surface area (Å²) in [5.74, 6) is 0.693. The predicted molar refractivity (Wildman–Crippen MR) is 96.1 cm³/mol. The molecule has 0 heterocycles. The van der Waals surface area contributed by atoms with E-state index >= 15 is 0 Å². The molecule has 0 amide bonds. The van der Waals surface area contributed by atoms with Gasteiger partial charge >= 0.3 is 0 Å². The number of aliphatic imine (C=N–C) groups is 1. The summed E-state index contributed by atoms with van der Waals surface area (Å²) >= 11 is 0. The first-order valence-electron chi connectivity index (χ1n) is 6.42. The number of nitro groups is 1. The Kier molecular flexibility index (Phi) is 9.35. The molecule has 1 aromatic carbocycles. The van der Waals surface area contributed by atoms with E-state index < -0.39 is 4.92 Å². The molecule has 0 bridgehead atoms. The summed E-state index contributed by atoms with van der Waals surface area (Å²) in [6.07, 6.45) is 1.75. The molecule has 6 nitrogen and oxygen atoms in total. The highest BCUT2D eigenvalue weighted by Crippen LogP contribution is 2.12. The SMILES string of the molecule is C=CCNC(=NCc1ccc([N+](=O)[O-])cc1)NC(C)C.I. The average Bonchev–Trinajstić information content (AvgIpc) is 2.41. The lowest BCUT2D eigenvalue weighted by Gasteiger charge is -2.14. The summed E-state index contributed by atoms with van der Waals surface area (Å²) < 4.78 is 0. The van der Waals surface area contributed by atoms with E-state index in [9.17, 15) is 10.1 Å². The van der Waals surface area contributed by atoms with E-state index in [0.29, 0.717) is 19.0 Å². The molecule has 1 aromatic rings. The number of hydrogen-bond acceptors (Lipinski definition) is 3. The van der Waals surface area contributed by atoms with Gasteiger partial charge in [-0.05, 0) is 19.4 Å². The summed E-state index contributed by atoms with van der Waals surface area (Å²) in [5, 5.41) is 16.9. The molecule has 0 unspecified atom stereocenters. The van der Waals surface area contributed by atoms with Crippen LogP contribution in [-0.2, 0) is 6.54 Å². The van der Waals surface area contributed by atoms with Crippen LogP contribution in [-0.4, -0.2) is 23.5 Å². The van der Waals surface area contributed by atoms with Crippen molar-refractivity contribution in [2.24, 2.45) is 4.99 Å². The Hall–Kier alpha value is -1.64. The van der Waals surface area contributed by atoms with Crippen molar-refractivity contribution in [2.75, 3.05) is 6.54 Å². The Morgan fingerprint density at radius 3 is 2.52 bits per heavy atom. The molecule has 116 valence electrons. The van der Waals surface area contributed by atoms with Crippen LogP contribution >= 0.6 is 24.0 Å². The van der Waals surface area contributed by atoms with Crippen molar-refractivity contribution < 1.29 is 4.92 Å². The molecule has 0 aliphatic heterocycles. The summed E-state index contributed by atoms with van der Waals surface area (Å²) in [4.78, 5) is 14.6. The Labute approximate surface area is 141 Å². The first kappa shape index (κ1) is 19.4. The van der Waals surface area contributed by atoms with E-state index in [1.165, 1.54) is 12.1 Å². The van der Waals surface area contributed by atoms with E-state index in [-0.39, 0.29) is 35.7 Å². The second-order valence-electron chi connectivity index (χ2n) is 4.56. The van der Waals surface area contributed by atoms with Crippen LogP contribution in [0.25, 0.3) is 0 Å². The number of non-ortho nitro benzene ring substituents is 1. The maximum absolute atomic E-state index is 10.6. The number of benzene rings is 1. The lowest BCUT2D eigenvalue weighted by Crippen LogP contribution is -2.41. The highest BCUT2D eigenvalue weighted by Gasteiger charge is 2.04. The summed E-state index contributed by atoms with van der Waals surface area (Å²) in [5.41, 5.74) is 1.00. The van der Waals surface area contributed by atoms with Gasteiger partial charge in [0.25, 0.3) is 5.69 Å². The molecule has 0 radical (unpaired) electrons. The van der Waals surface area contributed by atoms with Crippen LogP contribution in [0.2, 0.25) is 0 Å². The largest absolute Gasteiger partial charge is 0.354 e. The standard InChI is InChI=1S/C14H20N4O2.HI/c1-4-9-15-14(17-11(2)3)16-10-12-5-7-13(8-6-12)18(19)20;/h4-8,11H,1,9-10H2,2-3H3,(H2,15,16,17);1H. The highest BCUT2D eigenvalue weighted by molar-refractivity contribution is 14.0. The monoisotopic (exact) mass is 404 g/mol. The minimum Gasteiger partial charge on any atom is -0.354 e. The normalized spacial score (nSPS) is 10.7. The molecule has 2 N–H and O–H groups in total. The van der Waals surface area contributed by atoms with E-state index in [2.05, 4.69) is 22.2 Å². The van der Waals surface area contributed by atoms with Crippen molar-refractivity contribution in [3.05, 3.63) is 52.6 Å². The fourth-order valence-electron chi connectivity index (χ4n) is 1.49. The fraction of sp³-hybridized carbons (Fsp3) is 0.357. The van der Waals surface area contributed by atoms with E-state index in [1.54, 1.807) is 18.2 Å². The molecule has 0 spiro atoms. The van der Waals surface area contributed by atoms with E-state index in [0.717, 1.165) is 5.56 Å². The van der Waals surface area contributed by atoms with Crippen LogP contribution in [0.5, 0.6) is 0 Å². The molecule has 0 saturated heterocycles. The summed E-state index contributed by atoms with van der Waals surface area (Å²) in [6, 6.07) is 6.65. The Balaban J connectivity index is 0.00000400.